The lowest BCUT2D eigenvalue weighted by Gasteiger charge is -2.30. The summed E-state index contributed by atoms with van der Waals surface area (Å²) in [6, 6.07) is 13.8. The van der Waals surface area contributed by atoms with Gasteiger partial charge in [0.1, 0.15) is 0 Å². The third-order valence-electron chi connectivity index (χ3n) is 5.78. The Balaban J connectivity index is 1.59. The van der Waals surface area contributed by atoms with Gasteiger partial charge in [-0.05, 0) is 36.1 Å². The standard InChI is InChI=1S/C23H24N4O3/c28-19-15-27(16-23(10-4-5-11-23)18-6-2-1-3-7-18)26-20(21(19)29)22(30)25-14-17-8-12-24-13-9-17/h1-3,6-9,12-13,15,28H,4-5,10-11,14,16H2,(H,25,30). The van der Waals surface area contributed by atoms with Crippen molar-refractivity contribution in [2.45, 2.75) is 44.2 Å². The highest BCUT2D eigenvalue weighted by molar-refractivity contribution is 5.92. The van der Waals surface area contributed by atoms with Gasteiger partial charge in [0.15, 0.2) is 11.4 Å². The predicted molar refractivity (Wildman–Crippen MR) is 112 cm³/mol. The van der Waals surface area contributed by atoms with Gasteiger partial charge >= 0.3 is 0 Å². The smallest absolute Gasteiger partial charge is 0.276 e. The average molecular weight is 404 g/mol. The van der Waals surface area contributed by atoms with E-state index >= 15 is 0 Å². The summed E-state index contributed by atoms with van der Waals surface area (Å²) in [5.41, 5.74) is 0.878. The second-order valence-electron chi connectivity index (χ2n) is 7.78. The zero-order valence-corrected chi connectivity index (χ0v) is 16.6. The van der Waals surface area contributed by atoms with E-state index in [-0.39, 0.29) is 17.7 Å². The number of nitrogens with one attached hydrogen (secondary N) is 1. The topological polar surface area (TPSA) is 97.1 Å². The molecule has 0 bridgehead atoms. The van der Waals surface area contributed by atoms with Crippen molar-refractivity contribution in [3.63, 3.8) is 0 Å². The molecule has 1 saturated carbocycles. The van der Waals surface area contributed by atoms with Crippen molar-refractivity contribution in [3.05, 3.63) is 88.1 Å². The normalized spacial score (nSPS) is 15.1. The van der Waals surface area contributed by atoms with Crippen LogP contribution in [0, 0.1) is 0 Å². The number of rotatable bonds is 6. The fraction of sp³-hybridized carbons (Fsp3) is 0.304. The number of carbonyl (C=O) groups is 1. The van der Waals surface area contributed by atoms with Crippen LogP contribution in [-0.4, -0.2) is 25.8 Å². The molecule has 2 heterocycles. The van der Waals surface area contributed by atoms with Gasteiger partial charge in [-0.2, -0.15) is 5.10 Å². The van der Waals surface area contributed by atoms with E-state index in [1.807, 2.05) is 18.2 Å². The van der Waals surface area contributed by atoms with E-state index in [0.29, 0.717) is 6.54 Å². The second-order valence-corrected chi connectivity index (χ2v) is 7.78. The molecule has 4 rings (SSSR count). The van der Waals surface area contributed by atoms with Crippen molar-refractivity contribution < 1.29 is 9.90 Å². The van der Waals surface area contributed by atoms with Crippen molar-refractivity contribution in [1.82, 2.24) is 20.1 Å². The highest BCUT2D eigenvalue weighted by Gasteiger charge is 2.36. The lowest BCUT2D eigenvalue weighted by Crippen LogP contribution is -2.34. The van der Waals surface area contributed by atoms with Crippen molar-refractivity contribution in [2.24, 2.45) is 0 Å². The van der Waals surface area contributed by atoms with Crippen LogP contribution in [0.4, 0.5) is 0 Å². The van der Waals surface area contributed by atoms with Crippen LogP contribution in [0.3, 0.4) is 0 Å². The van der Waals surface area contributed by atoms with Crippen LogP contribution in [0.5, 0.6) is 5.75 Å². The Morgan fingerprint density at radius 3 is 2.50 bits per heavy atom. The number of benzene rings is 1. The van der Waals surface area contributed by atoms with Gasteiger partial charge in [0, 0.05) is 24.4 Å². The summed E-state index contributed by atoms with van der Waals surface area (Å²) >= 11 is 0. The number of aromatic hydroxyl groups is 1. The molecule has 2 aromatic heterocycles. The maximum Gasteiger partial charge on any atom is 0.276 e. The van der Waals surface area contributed by atoms with Crippen LogP contribution in [0.1, 0.15) is 47.3 Å². The number of aromatic nitrogens is 3. The molecule has 0 atom stereocenters. The van der Waals surface area contributed by atoms with Crippen LogP contribution in [0.15, 0.2) is 65.8 Å². The van der Waals surface area contributed by atoms with E-state index < -0.39 is 17.1 Å². The Morgan fingerprint density at radius 1 is 1.10 bits per heavy atom. The van der Waals surface area contributed by atoms with E-state index in [0.717, 1.165) is 31.2 Å². The lowest BCUT2D eigenvalue weighted by atomic mass is 9.79. The van der Waals surface area contributed by atoms with Crippen molar-refractivity contribution in [3.8, 4) is 5.75 Å². The van der Waals surface area contributed by atoms with Crippen LogP contribution in [0.25, 0.3) is 0 Å². The fourth-order valence-electron chi connectivity index (χ4n) is 4.21. The number of carbonyl (C=O) groups excluding carboxylic acids is 1. The molecule has 1 aliphatic rings. The van der Waals surface area contributed by atoms with Gasteiger partial charge in [0.25, 0.3) is 11.3 Å². The molecule has 1 aromatic carbocycles. The summed E-state index contributed by atoms with van der Waals surface area (Å²) in [6.45, 7) is 0.738. The summed E-state index contributed by atoms with van der Waals surface area (Å²) in [6.07, 6.45) is 8.80. The molecular formula is C23H24N4O3. The second kappa shape index (κ2) is 8.49. The minimum absolute atomic E-state index is 0.124. The molecule has 0 aliphatic heterocycles. The zero-order chi connectivity index (χ0) is 21.0. The SMILES string of the molecule is O=C(NCc1ccncc1)c1nn(CC2(c3ccccc3)CCCC2)cc(O)c1=O. The number of hydrogen-bond acceptors (Lipinski definition) is 5. The van der Waals surface area contributed by atoms with Gasteiger partial charge in [0.05, 0.1) is 12.7 Å². The fourth-order valence-corrected chi connectivity index (χ4v) is 4.21. The molecule has 1 amide bonds. The van der Waals surface area contributed by atoms with Gasteiger partial charge in [-0.15, -0.1) is 0 Å². The molecular weight excluding hydrogens is 380 g/mol. The Hall–Kier alpha value is -3.48. The van der Waals surface area contributed by atoms with E-state index in [4.69, 9.17) is 0 Å². The quantitative estimate of drug-likeness (QED) is 0.658. The third kappa shape index (κ3) is 4.10. The maximum absolute atomic E-state index is 12.6. The molecule has 0 unspecified atom stereocenters. The highest BCUT2D eigenvalue weighted by Crippen LogP contribution is 2.42. The summed E-state index contributed by atoms with van der Waals surface area (Å²) < 4.78 is 1.54. The maximum atomic E-state index is 12.6. The molecule has 1 aliphatic carbocycles. The first-order chi connectivity index (χ1) is 14.6. The van der Waals surface area contributed by atoms with Crippen LogP contribution < -0.4 is 10.7 Å². The summed E-state index contributed by atoms with van der Waals surface area (Å²) in [5, 5.41) is 17.2. The molecule has 0 radical (unpaired) electrons. The Kier molecular flexibility index (Phi) is 5.61. The van der Waals surface area contributed by atoms with Gasteiger partial charge in [-0.1, -0.05) is 43.2 Å². The molecule has 0 spiro atoms. The first kappa shape index (κ1) is 19.8. The lowest BCUT2D eigenvalue weighted by molar-refractivity contribution is 0.0940. The molecule has 1 fully saturated rings. The van der Waals surface area contributed by atoms with Crippen LogP contribution in [-0.2, 0) is 18.5 Å². The molecule has 7 heteroatoms. The molecule has 30 heavy (non-hydrogen) atoms. The number of nitrogens with zero attached hydrogens (tertiary/aromatic N) is 3. The monoisotopic (exact) mass is 404 g/mol. The average Bonchev–Trinajstić information content (AvgIpc) is 3.25. The minimum atomic E-state index is -0.765. The van der Waals surface area contributed by atoms with E-state index in [9.17, 15) is 14.7 Å². The van der Waals surface area contributed by atoms with Crippen molar-refractivity contribution >= 4 is 5.91 Å². The highest BCUT2D eigenvalue weighted by atomic mass is 16.3. The first-order valence-corrected chi connectivity index (χ1v) is 10.1. The molecule has 0 saturated heterocycles. The minimum Gasteiger partial charge on any atom is -0.503 e. The van der Waals surface area contributed by atoms with Crippen molar-refractivity contribution in [1.29, 1.82) is 0 Å². The summed E-state index contributed by atoms with van der Waals surface area (Å²) in [4.78, 5) is 28.9. The van der Waals surface area contributed by atoms with E-state index in [1.54, 1.807) is 24.5 Å². The van der Waals surface area contributed by atoms with Crippen molar-refractivity contribution in [2.75, 3.05) is 0 Å². The predicted octanol–water partition coefficient (Wildman–Crippen LogP) is 2.79. The van der Waals surface area contributed by atoms with Crippen LogP contribution in [0.2, 0.25) is 0 Å². The van der Waals surface area contributed by atoms with Gasteiger partial charge < -0.3 is 10.4 Å². The number of amides is 1. The largest absolute Gasteiger partial charge is 0.503 e. The van der Waals surface area contributed by atoms with E-state index in [1.165, 1.54) is 16.4 Å². The zero-order valence-electron chi connectivity index (χ0n) is 16.6. The number of pyridine rings is 1. The molecule has 154 valence electrons. The third-order valence-corrected chi connectivity index (χ3v) is 5.78. The van der Waals surface area contributed by atoms with Gasteiger partial charge in [-0.25, -0.2) is 0 Å². The first-order valence-electron chi connectivity index (χ1n) is 10.1. The number of hydrogen-bond donors (Lipinski definition) is 2. The van der Waals surface area contributed by atoms with Crippen LogP contribution >= 0.6 is 0 Å². The van der Waals surface area contributed by atoms with E-state index in [2.05, 4.69) is 27.5 Å². The molecule has 7 nitrogen and oxygen atoms in total. The summed E-state index contributed by atoms with van der Waals surface area (Å²) in [5.74, 6) is -1.08. The van der Waals surface area contributed by atoms with Gasteiger partial charge in [-0.3, -0.25) is 19.3 Å². The molecule has 2 N–H and O–H groups in total. The Labute approximate surface area is 174 Å². The Bertz CT molecular complexity index is 1070. The van der Waals surface area contributed by atoms with Gasteiger partial charge in [0.2, 0.25) is 0 Å². The molecule has 3 aromatic rings. The summed E-state index contributed by atoms with van der Waals surface area (Å²) in [7, 11) is 0. The Morgan fingerprint density at radius 2 is 1.80 bits per heavy atom.